The molecule has 2 rings (SSSR count). The zero-order valence-electron chi connectivity index (χ0n) is 10.5. The standard InChI is InChI=1S/C14H15N3S/c1-11-10-14(17(2)16-11)18-13(8-9-15)12-6-4-3-5-7-12/h3-7,10,13H,8H2,1-2H3. The number of nitrogens with zero attached hydrogens (tertiary/aromatic N) is 3. The molecule has 1 atom stereocenters. The highest BCUT2D eigenvalue weighted by Gasteiger charge is 2.15. The van der Waals surface area contributed by atoms with Gasteiger partial charge in [0.2, 0.25) is 0 Å². The summed E-state index contributed by atoms with van der Waals surface area (Å²) in [6.45, 7) is 1.98. The summed E-state index contributed by atoms with van der Waals surface area (Å²) in [6, 6.07) is 14.5. The smallest absolute Gasteiger partial charge is 0.0945 e. The van der Waals surface area contributed by atoms with Crippen LogP contribution < -0.4 is 0 Å². The molecule has 1 heterocycles. The van der Waals surface area contributed by atoms with Gasteiger partial charge in [0, 0.05) is 12.3 Å². The molecule has 0 aliphatic rings. The topological polar surface area (TPSA) is 41.6 Å². The Morgan fingerprint density at radius 1 is 1.39 bits per heavy atom. The van der Waals surface area contributed by atoms with Gasteiger partial charge in [0.15, 0.2) is 0 Å². The minimum Gasteiger partial charge on any atom is -0.262 e. The van der Waals surface area contributed by atoms with Crippen molar-refractivity contribution in [2.45, 2.75) is 23.6 Å². The molecular weight excluding hydrogens is 242 g/mol. The molecule has 0 aliphatic carbocycles. The maximum Gasteiger partial charge on any atom is 0.0945 e. The van der Waals surface area contributed by atoms with Crippen LogP contribution in [-0.2, 0) is 7.05 Å². The van der Waals surface area contributed by atoms with Gasteiger partial charge in [0.05, 0.1) is 23.2 Å². The molecule has 2 aromatic rings. The molecule has 1 unspecified atom stereocenters. The maximum atomic E-state index is 8.96. The molecule has 1 aromatic carbocycles. The van der Waals surface area contributed by atoms with Gasteiger partial charge in [-0.15, -0.1) is 0 Å². The van der Waals surface area contributed by atoms with Crippen LogP contribution in [0.3, 0.4) is 0 Å². The van der Waals surface area contributed by atoms with Crippen molar-refractivity contribution in [3.63, 3.8) is 0 Å². The van der Waals surface area contributed by atoms with Gasteiger partial charge in [0.1, 0.15) is 0 Å². The molecule has 0 aliphatic heterocycles. The first-order chi connectivity index (χ1) is 8.70. The lowest BCUT2D eigenvalue weighted by Crippen LogP contribution is -1.97. The van der Waals surface area contributed by atoms with Gasteiger partial charge in [-0.2, -0.15) is 10.4 Å². The SMILES string of the molecule is Cc1cc(SC(CC#N)c2ccccc2)n(C)n1. The predicted molar refractivity (Wildman–Crippen MR) is 73.2 cm³/mol. The summed E-state index contributed by atoms with van der Waals surface area (Å²) in [5, 5.41) is 14.5. The average Bonchev–Trinajstić information content (AvgIpc) is 2.68. The molecule has 0 spiro atoms. The van der Waals surface area contributed by atoms with Crippen molar-refractivity contribution in [2.75, 3.05) is 0 Å². The Balaban J connectivity index is 2.22. The molecule has 18 heavy (non-hydrogen) atoms. The summed E-state index contributed by atoms with van der Waals surface area (Å²) in [7, 11) is 1.93. The van der Waals surface area contributed by atoms with E-state index >= 15 is 0 Å². The van der Waals surface area contributed by atoms with E-state index in [-0.39, 0.29) is 5.25 Å². The van der Waals surface area contributed by atoms with Gasteiger partial charge >= 0.3 is 0 Å². The number of benzene rings is 1. The summed E-state index contributed by atoms with van der Waals surface area (Å²) in [6.07, 6.45) is 0.499. The van der Waals surface area contributed by atoms with Crippen molar-refractivity contribution >= 4 is 11.8 Å². The van der Waals surface area contributed by atoms with Crippen LogP contribution in [0.4, 0.5) is 0 Å². The van der Waals surface area contributed by atoms with Gasteiger partial charge in [-0.3, -0.25) is 4.68 Å². The number of hydrogen-bond acceptors (Lipinski definition) is 3. The van der Waals surface area contributed by atoms with E-state index in [0.29, 0.717) is 6.42 Å². The van der Waals surface area contributed by atoms with Gasteiger partial charge in [0.25, 0.3) is 0 Å². The number of hydrogen-bond donors (Lipinski definition) is 0. The number of aromatic nitrogens is 2. The highest BCUT2D eigenvalue weighted by atomic mass is 32.2. The lowest BCUT2D eigenvalue weighted by molar-refractivity contribution is 0.690. The van der Waals surface area contributed by atoms with E-state index in [2.05, 4.69) is 29.4 Å². The first-order valence-corrected chi connectivity index (χ1v) is 6.68. The Morgan fingerprint density at radius 3 is 2.67 bits per heavy atom. The van der Waals surface area contributed by atoms with Crippen LogP contribution in [0.5, 0.6) is 0 Å². The molecule has 0 saturated heterocycles. The Morgan fingerprint density at radius 2 is 2.11 bits per heavy atom. The van der Waals surface area contributed by atoms with Crippen LogP contribution in [0, 0.1) is 18.3 Å². The quantitative estimate of drug-likeness (QED) is 0.787. The fraction of sp³-hybridized carbons (Fsp3) is 0.286. The first-order valence-electron chi connectivity index (χ1n) is 5.80. The van der Waals surface area contributed by atoms with Crippen molar-refractivity contribution in [1.82, 2.24) is 9.78 Å². The third-order valence-electron chi connectivity index (χ3n) is 2.67. The van der Waals surface area contributed by atoms with Gasteiger partial charge in [-0.1, -0.05) is 42.1 Å². The van der Waals surface area contributed by atoms with E-state index in [1.165, 1.54) is 5.56 Å². The minimum atomic E-state index is 0.158. The minimum absolute atomic E-state index is 0.158. The van der Waals surface area contributed by atoms with Crippen molar-refractivity contribution in [3.05, 3.63) is 47.7 Å². The van der Waals surface area contributed by atoms with Crippen LogP contribution in [0.25, 0.3) is 0 Å². The third kappa shape index (κ3) is 2.93. The first kappa shape index (κ1) is 12.7. The molecule has 4 heteroatoms. The lowest BCUT2D eigenvalue weighted by atomic mass is 10.1. The average molecular weight is 257 g/mol. The molecule has 0 N–H and O–H groups in total. The number of thioether (sulfide) groups is 1. The largest absolute Gasteiger partial charge is 0.262 e. The maximum absolute atomic E-state index is 8.96. The fourth-order valence-electron chi connectivity index (χ4n) is 1.82. The number of rotatable bonds is 4. The van der Waals surface area contributed by atoms with Crippen molar-refractivity contribution in [3.8, 4) is 6.07 Å². The van der Waals surface area contributed by atoms with Crippen LogP contribution in [-0.4, -0.2) is 9.78 Å². The molecule has 1 aromatic heterocycles. The third-order valence-corrected chi connectivity index (χ3v) is 4.02. The number of nitriles is 1. The second-order valence-electron chi connectivity index (χ2n) is 4.13. The lowest BCUT2D eigenvalue weighted by Gasteiger charge is -2.13. The van der Waals surface area contributed by atoms with Gasteiger partial charge < -0.3 is 0 Å². The van der Waals surface area contributed by atoms with Crippen LogP contribution in [0.1, 0.15) is 22.9 Å². The molecule has 92 valence electrons. The van der Waals surface area contributed by atoms with E-state index < -0.39 is 0 Å². The summed E-state index contributed by atoms with van der Waals surface area (Å²) in [5.74, 6) is 0. The van der Waals surface area contributed by atoms with E-state index in [4.69, 9.17) is 5.26 Å². The Hall–Kier alpha value is -1.73. The normalized spacial score (nSPS) is 12.1. The summed E-state index contributed by atoms with van der Waals surface area (Å²) >= 11 is 1.69. The molecular formula is C14H15N3S. The summed E-state index contributed by atoms with van der Waals surface area (Å²) in [5.41, 5.74) is 2.19. The monoisotopic (exact) mass is 257 g/mol. The van der Waals surface area contributed by atoms with E-state index in [0.717, 1.165) is 10.7 Å². The molecule has 3 nitrogen and oxygen atoms in total. The van der Waals surface area contributed by atoms with Crippen molar-refractivity contribution in [2.24, 2.45) is 7.05 Å². The van der Waals surface area contributed by atoms with Crippen LogP contribution in [0.15, 0.2) is 41.4 Å². The highest BCUT2D eigenvalue weighted by molar-refractivity contribution is 7.99. The Kier molecular flexibility index (Phi) is 4.06. The van der Waals surface area contributed by atoms with Crippen LogP contribution >= 0.6 is 11.8 Å². The Labute approximate surface area is 111 Å². The second-order valence-corrected chi connectivity index (χ2v) is 5.35. The molecule has 0 fully saturated rings. The molecule has 0 amide bonds. The predicted octanol–water partition coefficient (Wildman–Crippen LogP) is 3.48. The summed E-state index contributed by atoms with van der Waals surface area (Å²) < 4.78 is 1.87. The van der Waals surface area contributed by atoms with Crippen molar-refractivity contribution in [1.29, 1.82) is 5.26 Å². The molecule has 0 bridgehead atoms. The van der Waals surface area contributed by atoms with Crippen molar-refractivity contribution < 1.29 is 0 Å². The van der Waals surface area contributed by atoms with Gasteiger partial charge in [-0.05, 0) is 18.6 Å². The van der Waals surface area contributed by atoms with Gasteiger partial charge in [-0.25, -0.2) is 0 Å². The second kappa shape index (κ2) is 5.74. The highest BCUT2D eigenvalue weighted by Crippen LogP contribution is 2.37. The zero-order valence-corrected chi connectivity index (χ0v) is 11.3. The molecule has 0 radical (unpaired) electrons. The van der Waals surface area contributed by atoms with E-state index in [1.54, 1.807) is 11.8 Å². The molecule has 0 saturated carbocycles. The van der Waals surface area contributed by atoms with E-state index in [1.807, 2.05) is 36.9 Å². The zero-order chi connectivity index (χ0) is 13.0. The summed E-state index contributed by atoms with van der Waals surface area (Å²) in [4.78, 5) is 0. The number of aryl methyl sites for hydroxylation is 2. The fourth-order valence-corrected chi connectivity index (χ4v) is 3.00. The Bertz CT molecular complexity index is 554. The van der Waals surface area contributed by atoms with Crippen LogP contribution in [0.2, 0.25) is 0 Å². The van der Waals surface area contributed by atoms with E-state index in [9.17, 15) is 0 Å².